The summed E-state index contributed by atoms with van der Waals surface area (Å²) in [7, 11) is 0. The molecule has 1 amide bonds. The number of nitrogens with zero attached hydrogens (tertiary/aromatic N) is 3. The van der Waals surface area contributed by atoms with Crippen molar-refractivity contribution in [2.75, 3.05) is 26.2 Å². The van der Waals surface area contributed by atoms with Crippen molar-refractivity contribution in [1.82, 2.24) is 14.8 Å². The molecule has 2 aliphatic rings. The molecule has 0 aliphatic carbocycles. The Bertz CT molecular complexity index is 1190. The Hall–Kier alpha value is -2.14. The zero-order chi connectivity index (χ0) is 24.4. The monoisotopic (exact) mass is 509 g/mol. The zero-order valence-electron chi connectivity index (χ0n) is 20.3. The Labute approximate surface area is 218 Å². The van der Waals surface area contributed by atoms with E-state index >= 15 is 0 Å². The average molecular weight is 511 g/mol. The van der Waals surface area contributed by atoms with Gasteiger partial charge < -0.3 is 4.90 Å². The molecule has 0 spiro atoms. The fraction of sp³-hybridized carbons (Fsp3) is 0.448. The van der Waals surface area contributed by atoms with Crippen molar-refractivity contribution in [2.45, 2.75) is 45.1 Å². The molecule has 2 fully saturated rings. The molecule has 0 saturated carbocycles. The highest BCUT2D eigenvalue weighted by Gasteiger charge is 2.34. The fourth-order valence-corrected chi connectivity index (χ4v) is 6.29. The number of pyridine rings is 1. The van der Waals surface area contributed by atoms with Crippen molar-refractivity contribution >= 4 is 40.0 Å². The van der Waals surface area contributed by atoms with Gasteiger partial charge in [-0.15, -0.1) is 0 Å². The molecular formula is C29H33Cl2N3O. The van der Waals surface area contributed by atoms with Crippen molar-refractivity contribution in [3.63, 3.8) is 0 Å². The van der Waals surface area contributed by atoms with Crippen molar-refractivity contribution in [3.05, 3.63) is 75.9 Å². The van der Waals surface area contributed by atoms with Gasteiger partial charge in [-0.1, -0.05) is 48.7 Å². The molecule has 1 unspecified atom stereocenters. The van der Waals surface area contributed by atoms with Gasteiger partial charge in [0.1, 0.15) is 0 Å². The van der Waals surface area contributed by atoms with Gasteiger partial charge >= 0.3 is 0 Å². The molecule has 0 N–H and O–H groups in total. The van der Waals surface area contributed by atoms with Crippen LogP contribution in [-0.2, 0) is 6.42 Å². The predicted octanol–water partition coefficient (Wildman–Crippen LogP) is 6.74. The molecule has 2 aromatic carbocycles. The first kappa shape index (κ1) is 24.5. The van der Waals surface area contributed by atoms with Gasteiger partial charge in [0.05, 0.1) is 15.6 Å². The van der Waals surface area contributed by atoms with Crippen LogP contribution in [0.25, 0.3) is 10.9 Å². The van der Waals surface area contributed by atoms with Crippen LogP contribution in [0.2, 0.25) is 10.0 Å². The first-order valence-electron chi connectivity index (χ1n) is 12.8. The molecule has 2 saturated heterocycles. The molecule has 0 radical (unpaired) electrons. The fourth-order valence-electron chi connectivity index (χ4n) is 5.97. The third-order valence-electron chi connectivity index (χ3n) is 8.05. The van der Waals surface area contributed by atoms with E-state index in [9.17, 15) is 4.79 Å². The number of aromatic nitrogens is 1. The molecule has 1 aromatic heterocycles. The first-order valence-corrected chi connectivity index (χ1v) is 13.6. The summed E-state index contributed by atoms with van der Waals surface area (Å²) < 4.78 is 0. The van der Waals surface area contributed by atoms with Crippen molar-refractivity contribution in [3.8, 4) is 0 Å². The summed E-state index contributed by atoms with van der Waals surface area (Å²) in [5.41, 5.74) is 2.97. The Morgan fingerprint density at radius 1 is 0.971 bits per heavy atom. The summed E-state index contributed by atoms with van der Waals surface area (Å²) in [5, 5.41) is 2.29. The number of hydrogen-bond acceptors (Lipinski definition) is 3. The van der Waals surface area contributed by atoms with Crippen LogP contribution < -0.4 is 0 Å². The number of benzene rings is 2. The molecular weight excluding hydrogens is 477 g/mol. The second-order valence-corrected chi connectivity index (χ2v) is 10.9. The summed E-state index contributed by atoms with van der Waals surface area (Å²) in [6, 6.07) is 16.4. The van der Waals surface area contributed by atoms with Crippen LogP contribution in [0.5, 0.6) is 0 Å². The van der Waals surface area contributed by atoms with Gasteiger partial charge in [0, 0.05) is 42.8 Å². The van der Waals surface area contributed by atoms with E-state index < -0.39 is 0 Å². The third kappa shape index (κ3) is 5.50. The topological polar surface area (TPSA) is 36.4 Å². The van der Waals surface area contributed by atoms with Gasteiger partial charge in [-0.05, 0) is 86.0 Å². The van der Waals surface area contributed by atoms with Gasteiger partial charge in [0.15, 0.2) is 0 Å². The third-order valence-corrected chi connectivity index (χ3v) is 8.79. The number of amides is 1. The quantitative estimate of drug-likeness (QED) is 0.382. The summed E-state index contributed by atoms with van der Waals surface area (Å²) in [6.45, 7) is 6.26. The highest BCUT2D eigenvalue weighted by atomic mass is 35.5. The Kier molecular flexibility index (Phi) is 7.62. The number of carbonyl (C=O) groups is 1. The van der Waals surface area contributed by atoms with E-state index in [-0.39, 0.29) is 5.91 Å². The SMILES string of the molecule is CC[C@@H]1CN(C2CCN(C(=O)c3ccc4ncccc4c3)CC2)CCC1Cc1ccc(Cl)c(Cl)c1. The van der Waals surface area contributed by atoms with Gasteiger partial charge in [-0.3, -0.25) is 14.7 Å². The minimum absolute atomic E-state index is 0.140. The van der Waals surface area contributed by atoms with Crippen LogP contribution in [0.4, 0.5) is 0 Å². The van der Waals surface area contributed by atoms with Crippen molar-refractivity contribution in [2.24, 2.45) is 11.8 Å². The van der Waals surface area contributed by atoms with Crippen LogP contribution in [0.15, 0.2) is 54.7 Å². The number of likely N-dealkylation sites (tertiary alicyclic amines) is 2. The van der Waals surface area contributed by atoms with E-state index in [0.29, 0.717) is 27.9 Å². The van der Waals surface area contributed by atoms with E-state index in [1.807, 2.05) is 47.4 Å². The lowest BCUT2D eigenvalue weighted by molar-refractivity contribution is 0.0395. The number of hydrogen-bond donors (Lipinski definition) is 0. The number of rotatable bonds is 5. The number of halogens is 2. The van der Waals surface area contributed by atoms with Gasteiger partial charge in [0.25, 0.3) is 5.91 Å². The summed E-state index contributed by atoms with van der Waals surface area (Å²) >= 11 is 12.4. The smallest absolute Gasteiger partial charge is 0.253 e. The van der Waals surface area contributed by atoms with Gasteiger partial charge in [0.2, 0.25) is 0 Å². The highest BCUT2D eigenvalue weighted by molar-refractivity contribution is 6.42. The van der Waals surface area contributed by atoms with Crippen LogP contribution in [-0.4, -0.2) is 52.9 Å². The second kappa shape index (κ2) is 10.9. The predicted molar refractivity (Wildman–Crippen MR) is 144 cm³/mol. The molecule has 35 heavy (non-hydrogen) atoms. The number of fused-ring (bicyclic) bond motifs is 1. The van der Waals surface area contributed by atoms with Crippen LogP contribution in [0.3, 0.4) is 0 Å². The minimum atomic E-state index is 0.140. The average Bonchev–Trinajstić information content (AvgIpc) is 2.90. The molecule has 3 heterocycles. The van der Waals surface area contributed by atoms with E-state index in [4.69, 9.17) is 23.2 Å². The van der Waals surface area contributed by atoms with Crippen molar-refractivity contribution in [1.29, 1.82) is 0 Å². The van der Waals surface area contributed by atoms with Gasteiger partial charge in [-0.25, -0.2) is 0 Å². The molecule has 3 aromatic rings. The second-order valence-electron chi connectivity index (χ2n) is 10.1. The summed E-state index contributed by atoms with van der Waals surface area (Å²) in [4.78, 5) is 22.3. The molecule has 5 rings (SSSR count). The lowest BCUT2D eigenvalue weighted by Gasteiger charge is -2.45. The van der Waals surface area contributed by atoms with Gasteiger partial charge in [-0.2, -0.15) is 0 Å². The maximum Gasteiger partial charge on any atom is 0.253 e. The Morgan fingerprint density at radius 3 is 2.57 bits per heavy atom. The van der Waals surface area contributed by atoms with Crippen LogP contribution >= 0.6 is 23.2 Å². The maximum absolute atomic E-state index is 13.2. The molecule has 184 valence electrons. The van der Waals surface area contributed by atoms with E-state index in [1.54, 1.807) is 6.20 Å². The molecule has 4 nitrogen and oxygen atoms in total. The zero-order valence-corrected chi connectivity index (χ0v) is 21.8. The number of piperidine rings is 2. The molecule has 0 bridgehead atoms. The highest BCUT2D eigenvalue weighted by Crippen LogP contribution is 2.33. The molecule has 2 aliphatic heterocycles. The van der Waals surface area contributed by atoms with Crippen LogP contribution in [0.1, 0.15) is 48.5 Å². The maximum atomic E-state index is 13.2. The molecule has 6 heteroatoms. The van der Waals surface area contributed by atoms with Crippen LogP contribution in [0, 0.1) is 11.8 Å². The normalized spacial score (nSPS) is 22.0. The lowest BCUT2D eigenvalue weighted by atomic mass is 9.79. The largest absolute Gasteiger partial charge is 0.339 e. The summed E-state index contributed by atoms with van der Waals surface area (Å²) in [5.74, 6) is 1.50. The standard InChI is InChI=1S/C29H33Cl2N3O/c1-2-21-19-34(13-9-22(21)16-20-5-7-26(30)27(31)17-20)25-10-14-33(15-11-25)29(35)24-6-8-28-23(18-24)4-3-12-32-28/h3-8,12,17-18,21-22,25H,2,9-11,13-16,19H2,1H3/t21-,22?/m1/s1. The van der Waals surface area contributed by atoms with E-state index in [0.717, 1.165) is 61.9 Å². The summed E-state index contributed by atoms with van der Waals surface area (Å²) in [6.07, 6.45) is 7.36. The minimum Gasteiger partial charge on any atom is -0.339 e. The Morgan fingerprint density at radius 2 is 1.80 bits per heavy atom. The number of carbonyl (C=O) groups excluding carboxylic acids is 1. The Balaban J connectivity index is 1.16. The first-order chi connectivity index (χ1) is 17.0. The van der Waals surface area contributed by atoms with Crippen molar-refractivity contribution < 1.29 is 4.79 Å². The van der Waals surface area contributed by atoms with E-state index in [1.165, 1.54) is 18.4 Å². The van der Waals surface area contributed by atoms with E-state index in [2.05, 4.69) is 22.9 Å². The molecule has 2 atom stereocenters. The lowest BCUT2D eigenvalue weighted by Crippen LogP contribution is -2.51.